The molecule has 1 aromatic rings. The summed E-state index contributed by atoms with van der Waals surface area (Å²) in [7, 11) is 0. The highest BCUT2D eigenvalue weighted by atomic mass is 32.1. The van der Waals surface area contributed by atoms with Crippen molar-refractivity contribution in [2.24, 2.45) is 11.8 Å². The SMILES string of the molecule is CCC1OCCC1C(Cc1nc(C)cs1)NN. The molecule has 1 fully saturated rings. The maximum Gasteiger partial charge on any atom is 0.0944 e. The molecule has 0 aliphatic carbocycles. The van der Waals surface area contributed by atoms with Gasteiger partial charge in [-0.3, -0.25) is 11.3 Å². The lowest BCUT2D eigenvalue weighted by molar-refractivity contribution is 0.0774. The van der Waals surface area contributed by atoms with Gasteiger partial charge in [0.2, 0.25) is 0 Å². The molecule has 96 valence electrons. The molecule has 3 atom stereocenters. The fourth-order valence-corrected chi connectivity index (χ4v) is 3.40. The molecule has 1 aliphatic rings. The fraction of sp³-hybridized carbons (Fsp3) is 0.750. The molecular formula is C12H21N3OS. The summed E-state index contributed by atoms with van der Waals surface area (Å²) in [5.41, 5.74) is 4.05. The zero-order valence-electron chi connectivity index (χ0n) is 10.5. The molecule has 0 bridgehead atoms. The molecule has 0 radical (unpaired) electrons. The maximum absolute atomic E-state index is 5.73. The highest BCUT2D eigenvalue weighted by Crippen LogP contribution is 2.28. The van der Waals surface area contributed by atoms with Crippen molar-refractivity contribution in [2.45, 2.75) is 45.3 Å². The topological polar surface area (TPSA) is 60.2 Å². The van der Waals surface area contributed by atoms with E-state index in [0.29, 0.717) is 12.0 Å². The predicted molar refractivity (Wildman–Crippen MR) is 69.8 cm³/mol. The third-order valence-corrected chi connectivity index (χ3v) is 4.44. The molecule has 5 heteroatoms. The van der Waals surface area contributed by atoms with Crippen LogP contribution in [0.3, 0.4) is 0 Å². The highest BCUT2D eigenvalue weighted by molar-refractivity contribution is 7.09. The standard InChI is InChI=1S/C12H21N3OS/c1-3-11-9(4-5-16-11)10(15-13)6-12-14-8(2)7-17-12/h7,9-11,15H,3-6,13H2,1-2H3. The van der Waals surface area contributed by atoms with E-state index in [2.05, 4.69) is 22.7 Å². The van der Waals surface area contributed by atoms with Gasteiger partial charge in [0.1, 0.15) is 0 Å². The van der Waals surface area contributed by atoms with E-state index < -0.39 is 0 Å². The Kier molecular flexibility index (Phi) is 4.50. The van der Waals surface area contributed by atoms with E-state index in [4.69, 9.17) is 10.6 Å². The van der Waals surface area contributed by atoms with Crippen LogP contribution in [0.15, 0.2) is 5.38 Å². The van der Waals surface area contributed by atoms with Gasteiger partial charge in [-0.2, -0.15) is 0 Å². The first kappa shape index (κ1) is 13.0. The zero-order chi connectivity index (χ0) is 12.3. The number of nitrogens with two attached hydrogens (primary N) is 1. The first-order valence-electron chi connectivity index (χ1n) is 6.23. The summed E-state index contributed by atoms with van der Waals surface area (Å²) in [6, 6.07) is 0.271. The number of hydrogen-bond acceptors (Lipinski definition) is 5. The average molecular weight is 255 g/mol. The Bertz CT molecular complexity index is 355. The summed E-state index contributed by atoms with van der Waals surface area (Å²) in [4.78, 5) is 4.50. The van der Waals surface area contributed by atoms with Gasteiger partial charge >= 0.3 is 0 Å². The van der Waals surface area contributed by atoms with Crippen LogP contribution in [0.5, 0.6) is 0 Å². The van der Waals surface area contributed by atoms with Crippen molar-refractivity contribution in [2.75, 3.05) is 6.61 Å². The van der Waals surface area contributed by atoms with Crippen LogP contribution in [0.4, 0.5) is 0 Å². The lowest BCUT2D eigenvalue weighted by atomic mass is 9.90. The third-order valence-electron chi connectivity index (χ3n) is 3.46. The van der Waals surface area contributed by atoms with Gasteiger partial charge in [0.25, 0.3) is 0 Å². The number of nitrogens with one attached hydrogen (secondary N) is 1. The minimum Gasteiger partial charge on any atom is -0.378 e. The Morgan fingerprint density at radius 3 is 3.12 bits per heavy atom. The van der Waals surface area contributed by atoms with Gasteiger partial charge < -0.3 is 4.74 Å². The van der Waals surface area contributed by atoms with Crippen LogP contribution in [0.25, 0.3) is 0 Å². The van der Waals surface area contributed by atoms with Crippen molar-refractivity contribution in [3.05, 3.63) is 16.1 Å². The smallest absolute Gasteiger partial charge is 0.0944 e. The number of thiazole rings is 1. The van der Waals surface area contributed by atoms with Gasteiger partial charge in [0, 0.05) is 36.1 Å². The molecule has 0 amide bonds. The monoisotopic (exact) mass is 255 g/mol. The third kappa shape index (κ3) is 3.04. The lowest BCUT2D eigenvalue weighted by Gasteiger charge is -2.25. The van der Waals surface area contributed by atoms with Crippen molar-refractivity contribution < 1.29 is 4.74 Å². The minimum absolute atomic E-state index is 0.271. The van der Waals surface area contributed by atoms with Crippen molar-refractivity contribution >= 4 is 11.3 Å². The van der Waals surface area contributed by atoms with E-state index in [1.165, 1.54) is 0 Å². The van der Waals surface area contributed by atoms with E-state index in [1.807, 2.05) is 6.92 Å². The molecule has 0 aromatic carbocycles. The Labute approximate surface area is 107 Å². The van der Waals surface area contributed by atoms with Gasteiger partial charge in [0.15, 0.2) is 0 Å². The van der Waals surface area contributed by atoms with E-state index >= 15 is 0 Å². The van der Waals surface area contributed by atoms with E-state index in [0.717, 1.165) is 36.6 Å². The molecular weight excluding hydrogens is 234 g/mol. The lowest BCUT2D eigenvalue weighted by Crippen LogP contribution is -2.45. The normalized spacial score (nSPS) is 26.3. The van der Waals surface area contributed by atoms with E-state index in [-0.39, 0.29) is 6.04 Å². The molecule has 2 rings (SSSR count). The summed E-state index contributed by atoms with van der Waals surface area (Å²) < 4.78 is 5.73. The van der Waals surface area contributed by atoms with Gasteiger partial charge in [-0.05, 0) is 19.8 Å². The number of hydrogen-bond donors (Lipinski definition) is 2. The Balaban J connectivity index is 2.00. The molecule has 3 N–H and O–H groups in total. The van der Waals surface area contributed by atoms with Crippen molar-refractivity contribution in [1.29, 1.82) is 0 Å². The van der Waals surface area contributed by atoms with Crippen LogP contribution in [-0.2, 0) is 11.2 Å². The van der Waals surface area contributed by atoms with Crippen molar-refractivity contribution in [1.82, 2.24) is 10.4 Å². The largest absolute Gasteiger partial charge is 0.378 e. The molecule has 17 heavy (non-hydrogen) atoms. The van der Waals surface area contributed by atoms with E-state index in [1.54, 1.807) is 11.3 Å². The number of rotatable bonds is 5. The number of aromatic nitrogens is 1. The Hall–Kier alpha value is -0.490. The van der Waals surface area contributed by atoms with Gasteiger partial charge in [-0.25, -0.2) is 4.98 Å². The molecule has 1 aliphatic heterocycles. The summed E-state index contributed by atoms with van der Waals surface area (Å²) >= 11 is 1.71. The van der Waals surface area contributed by atoms with E-state index in [9.17, 15) is 0 Å². The molecule has 0 saturated carbocycles. The molecule has 2 heterocycles. The molecule has 1 aromatic heterocycles. The fourth-order valence-electron chi connectivity index (χ4n) is 2.56. The summed E-state index contributed by atoms with van der Waals surface area (Å²) in [5, 5.41) is 3.25. The first-order valence-corrected chi connectivity index (χ1v) is 7.11. The Morgan fingerprint density at radius 1 is 1.71 bits per heavy atom. The second kappa shape index (κ2) is 5.91. The number of nitrogens with zero attached hydrogens (tertiary/aromatic N) is 1. The summed E-state index contributed by atoms with van der Waals surface area (Å²) in [6.45, 7) is 5.06. The maximum atomic E-state index is 5.73. The quantitative estimate of drug-likeness (QED) is 0.620. The van der Waals surface area contributed by atoms with Crippen LogP contribution in [0, 0.1) is 12.8 Å². The number of hydrazine groups is 1. The van der Waals surface area contributed by atoms with Gasteiger partial charge in [-0.1, -0.05) is 6.92 Å². The van der Waals surface area contributed by atoms with Crippen LogP contribution < -0.4 is 11.3 Å². The molecule has 4 nitrogen and oxygen atoms in total. The second-order valence-electron chi connectivity index (χ2n) is 4.63. The Morgan fingerprint density at radius 2 is 2.53 bits per heavy atom. The number of aryl methyl sites for hydroxylation is 1. The van der Waals surface area contributed by atoms with Gasteiger partial charge in [-0.15, -0.1) is 11.3 Å². The summed E-state index contributed by atoms with van der Waals surface area (Å²) in [6.07, 6.45) is 3.40. The highest BCUT2D eigenvalue weighted by Gasteiger charge is 2.33. The zero-order valence-corrected chi connectivity index (χ0v) is 11.3. The molecule has 3 unspecified atom stereocenters. The first-order chi connectivity index (χ1) is 8.24. The predicted octanol–water partition coefficient (Wildman–Crippen LogP) is 1.64. The van der Waals surface area contributed by atoms with Crippen LogP contribution >= 0.6 is 11.3 Å². The average Bonchev–Trinajstić information content (AvgIpc) is 2.94. The molecule has 1 saturated heterocycles. The van der Waals surface area contributed by atoms with Crippen LogP contribution in [0.1, 0.15) is 30.5 Å². The summed E-state index contributed by atoms with van der Waals surface area (Å²) in [5.74, 6) is 6.20. The second-order valence-corrected chi connectivity index (χ2v) is 5.57. The molecule has 0 spiro atoms. The number of ether oxygens (including phenoxy) is 1. The van der Waals surface area contributed by atoms with Crippen LogP contribution in [-0.4, -0.2) is 23.7 Å². The van der Waals surface area contributed by atoms with Gasteiger partial charge in [0.05, 0.1) is 11.1 Å². The minimum atomic E-state index is 0.271. The van der Waals surface area contributed by atoms with Crippen molar-refractivity contribution in [3.63, 3.8) is 0 Å². The van der Waals surface area contributed by atoms with Crippen molar-refractivity contribution in [3.8, 4) is 0 Å². The van der Waals surface area contributed by atoms with Crippen LogP contribution in [0.2, 0.25) is 0 Å².